The van der Waals surface area contributed by atoms with Crippen molar-refractivity contribution in [1.29, 1.82) is 0 Å². The molecule has 0 radical (unpaired) electrons. The number of pyridine rings is 1. The Morgan fingerprint density at radius 2 is 2.12 bits per heavy atom. The van der Waals surface area contributed by atoms with Crippen LogP contribution in [0.3, 0.4) is 0 Å². The molecule has 0 aliphatic rings. The van der Waals surface area contributed by atoms with E-state index in [0.717, 1.165) is 16.8 Å². The lowest BCUT2D eigenvalue weighted by molar-refractivity contribution is 0.628. The van der Waals surface area contributed by atoms with Crippen LogP contribution in [-0.2, 0) is 6.54 Å². The van der Waals surface area contributed by atoms with Gasteiger partial charge in [-0.05, 0) is 36.2 Å². The third-order valence-electron chi connectivity index (χ3n) is 2.35. The highest BCUT2D eigenvalue weighted by molar-refractivity contribution is 6.31. The van der Waals surface area contributed by atoms with Gasteiger partial charge in [0.05, 0.1) is 5.02 Å². The van der Waals surface area contributed by atoms with E-state index in [1.807, 2.05) is 13.0 Å². The summed E-state index contributed by atoms with van der Waals surface area (Å²) in [6, 6.07) is 6.62. The number of anilines is 1. The van der Waals surface area contributed by atoms with Crippen LogP contribution in [0.25, 0.3) is 0 Å². The second-order valence-corrected chi connectivity index (χ2v) is 4.26. The summed E-state index contributed by atoms with van der Waals surface area (Å²) in [6.07, 6.45) is 3.60. The van der Waals surface area contributed by atoms with Crippen LogP contribution in [0.5, 0.6) is 0 Å². The molecule has 1 heterocycles. The minimum absolute atomic E-state index is 0.123. The Kier molecular flexibility index (Phi) is 3.59. The van der Waals surface area contributed by atoms with Crippen molar-refractivity contribution in [1.82, 2.24) is 4.98 Å². The average Bonchev–Trinajstić information content (AvgIpc) is 2.31. The Hall–Kier alpha value is -1.61. The first-order valence-electron chi connectivity index (χ1n) is 5.24. The van der Waals surface area contributed by atoms with Gasteiger partial charge in [0.15, 0.2) is 0 Å². The molecule has 0 unspecified atom stereocenters. The minimum Gasteiger partial charge on any atom is -0.381 e. The van der Waals surface area contributed by atoms with Crippen molar-refractivity contribution >= 4 is 17.3 Å². The predicted octanol–water partition coefficient (Wildman–Crippen LogP) is 3.79. The van der Waals surface area contributed by atoms with E-state index in [4.69, 9.17) is 11.6 Å². The highest BCUT2D eigenvalue weighted by Crippen LogP contribution is 2.19. The molecule has 0 saturated carbocycles. The summed E-state index contributed by atoms with van der Waals surface area (Å²) >= 11 is 5.69. The van der Waals surface area contributed by atoms with Crippen molar-refractivity contribution in [3.05, 3.63) is 58.6 Å². The van der Waals surface area contributed by atoms with Crippen molar-refractivity contribution in [3.63, 3.8) is 0 Å². The molecule has 0 aliphatic heterocycles. The largest absolute Gasteiger partial charge is 0.381 e. The topological polar surface area (TPSA) is 24.9 Å². The number of hydrogen-bond acceptors (Lipinski definition) is 2. The maximum absolute atomic E-state index is 12.9. The van der Waals surface area contributed by atoms with Crippen LogP contribution in [0.4, 0.5) is 10.1 Å². The third-order valence-corrected chi connectivity index (χ3v) is 2.64. The van der Waals surface area contributed by atoms with Gasteiger partial charge in [0, 0.05) is 24.6 Å². The SMILES string of the molecule is Cc1cncc(CNc2ccc(F)c(Cl)c2)c1. The zero-order valence-corrected chi connectivity index (χ0v) is 10.1. The lowest BCUT2D eigenvalue weighted by Gasteiger charge is -2.07. The Labute approximate surface area is 104 Å². The number of hydrogen-bond donors (Lipinski definition) is 1. The van der Waals surface area contributed by atoms with Gasteiger partial charge in [-0.2, -0.15) is 0 Å². The fraction of sp³-hybridized carbons (Fsp3) is 0.154. The van der Waals surface area contributed by atoms with Gasteiger partial charge >= 0.3 is 0 Å². The molecule has 1 aromatic heterocycles. The van der Waals surface area contributed by atoms with Crippen LogP contribution in [0, 0.1) is 12.7 Å². The smallest absolute Gasteiger partial charge is 0.141 e. The Morgan fingerprint density at radius 1 is 1.29 bits per heavy atom. The maximum Gasteiger partial charge on any atom is 0.141 e. The zero-order valence-electron chi connectivity index (χ0n) is 9.37. The lowest BCUT2D eigenvalue weighted by atomic mass is 10.2. The van der Waals surface area contributed by atoms with Gasteiger partial charge in [-0.3, -0.25) is 4.98 Å². The van der Waals surface area contributed by atoms with E-state index in [-0.39, 0.29) is 5.02 Å². The lowest BCUT2D eigenvalue weighted by Crippen LogP contribution is -2.00. The molecule has 0 amide bonds. The maximum atomic E-state index is 12.9. The third kappa shape index (κ3) is 3.17. The van der Waals surface area contributed by atoms with Crippen LogP contribution in [0.2, 0.25) is 5.02 Å². The molecule has 17 heavy (non-hydrogen) atoms. The summed E-state index contributed by atoms with van der Waals surface area (Å²) < 4.78 is 12.9. The van der Waals surface area contributed by atoms with Crippen LogP contribution >= 0.6 is 11.6 Å². The second kappa shape index (κ2) is 5.15. The van der Waals surface area contributed by atoms with Crippen molar-refractivity contribution in [2.75, 3.05) is 5.32 Å². The van der Waals surface area contributed by atoms with Gasteiger partial charge in [-0.1, -0.05) is 17.7 Å². The monoisotopic (exact) mass is 250 g/mol. The molecule has 88 valence electrons. The van der Waals surface area contributed by atoms with Gasteiger partial charge in [-0.15, -0.1) is 0 Å². The molecule has 0 fully saturated rings. The van der Waals surface area contributed by atoms with Crippen molar-refractivity contribution in [2.24, 2.45) is 0 Å². The molecule has 0 bridgehead atoms. The fourth-order valence-electron chi connectivity index (χ4n) is 1.52. The summed E-state index contributed by atoms with van der Waals surface area (Å²) in [7, 11) is 0. The first-order chi connectivity index (χ1) is 8.15. The summed E-state index contributed by atoms with van der Waals surface area (Å²) in [5.74, 6) is -0.408. The van der Waals surface area contributed by atoms with Gasteiger partial charge in [-0.25, -0.2) is 4.39 Å². The highest BCUT2D eigenvalue weighted by Gasteiger charge is 2.00. The van der Waals surface area contributed by atoms with Crippen LogP contribution in [-0.4, -0.2) is 4.98 Å². The summed E-state index contributed by atoms with van der Waals surface area (Å²) in [6.45, 7) is 2.63. The van der Waals surface area contributed by atoms with Crippen LogP contribution in [0.1, 0.15) is 11.1 Å². The zero-order chi connectivity index (χ0) is 12.3. The molecule has 0 spiro atoms. The van der Waals surface area contributed by atoms with E-state index in [1.165, 1.54) is 6.07 Å². The first kappa shape index (κ1) is 11.9. The van der Waals surface area contributed by atoms with E-state index in [9.17, 15) is 4.39 Å². The van der Waals surface area contributed by atoms with E-state index in [0.29, 0.717) is 6.54 Å². The van der Waals surface area contributed by atoms with E-state index in [2.05, 4.69) is 10.3 Å². The number of benzene rings is 1. The molecule has 2 aromatic rings. The molecule has 4 heteroatoms. The van der Waals surface area contributed by atoms with Gasteiger partial charge < -0.3 is 5.32 Å². The number of nitrogens with one attached hydrogen (secondary N) is 1. The predicted molar refractivity (Wildman–Crippen MR) is 67.7 cm³/mol. The molecule has 2 rings (SSSR count). The van der Waals surface area contributed by atoms with E-state index in [1.54, 1.807) is 24.5 Å². The Balaban J connectivity index is 2.05. The van der Waals surface area contributed by atoms with Crippen molar-refractivity contribution in [3.8, 4) is 0 Å². The second-order valence-electron chi connectivity index (χ2n) is 3.85. The normalized spacial score (nSPS) is 10.3. The average molecular weight is 251 g/mol. The van der Waals surface area contributed by atoms with Gasteiger partial charge in [0.25, 0.3) is 0 Å². The number of aromatic nitrogens is 1. The van der Waals surface area contributed by atoms with Crippen LogP contribution in [0.15, 0.2) is 36.7 Å². The molecule has 1 N–H and O–H groups in total. The first-order valence-corrected chi connectivity index (χ1v) is 5.62. The van der Waals surface area contributed by atoms with Gasteiger partial charge in [0.1, 0.15) is 5.82 Å². The standard InChI is InChI=1S/C13H12ClFN2/c1-9-4-10(7-16-6-9)8-17-11-2-3-13(15)12(14)5-11/h2-7,17H,8H2,1H3. The Morgan fingerprint density at radius 3 is 2.82 bits per heavy atom. The van der Waals surface area contributed by atoms with Crippen molar-refractivity contribution < 1.29 is 4.39 Å². The molecule has 1 aromatic carbocycles. The summed E-state index contributed by atoms with van der Waals surface area (Å²) in [5, 5.41) is 3.29. The molecular formula is C13H12ClFN2. The van der Waals surface area contributed by atoms with Crippen LogP contribution < -0.4 is 5.32 Å². The fourth-order valence-corrected chi connectivity index (χ4v) is 1.70. The van der Waals surface area contributed by atoms with E-state index < -0.39 is 5.82 Å². The summed E-state index contributed by atoms with van der Waals surface area (Å²) in [5.41, 5.74) is 2.98. The highest BCUT2D eigenvalue weighted by atomic mass is 35.5. The van der Waals surface area contributed by atoms with Gasteiger partial charge in [0.2, 0.25) is 0 Å². The quantitative estimate of drug-likeness (QED) is 0.896. The number of aryl methyl sites for hydroxylation is 1. The molecule has 2 nitrogen and oxygen atoms in total. The summed E-state index contributed by atoms with van der Waals surface area (Å²) in [4.78, 5) is 4.10. The van der Waals surface area contributed by atoms with Crippen molar-refractivity contribution in [2.45, 2.75) is 13.5 Å². The molecule has 0 aliphatic carbocycles. The Bertz CT molecular complexity index is 529. The number of halogens is 2. The minimum atomic E-state index is -0.408. The molecule has 0 saturated heterocycles. The number of rotatable bonds is 3. The molecular weight excluding hydrogens is 239 g/mol. The van der Waals surface area contributed by atoms with E-state index >= 15 is 0 Å². The molecule has 0 atom stereocenters. The number of nitrogens with zero attached hydrogens (tertiary/aromatic N) is 1.